The second-order valence-corrected chi connectivity index (χ2v) is 10.4. The Balaban J connectivity index is 1.85. The third-order valence-electron chi connectivity index (χ3n) is 6.86. The van der Waals surface area contributed by atoms with Gasteiger partial charge in [-0.2, -0.15) is 13.2 Å². The lowest BCUT2D eigenvalue weighted by molar-refractivity contribution is -0.134. The number of aryl methyl sites for hydroxylation is 1. The van der Waals surface area contributed by atoms with E-state index in [1.165, 1.54) is 57.0 Å². The molecule has 0 spiro atoms. The zero-order valence-corrected chi connectivity index (χ0v) is 24.4. The van der Waals surface area contributed by atoms with Gasteiger partial charge in [-0.15, -0.1) is 0 Å². The second-order valence-electron chi connectivity index (χ2n) is 10.4. The number of rotatable bonds is 10. The highest BCUT2D eigenvalue weighted by atomic mass is 19.4. The number of furan rings is 1. The summed E-state index contributed by atoms with van der Waals surface area (Å²) >= 11 is 0. The third-order valence-corrected chi connectivity index (χ3v) is 6.86. The molecule has 0 aliphatic heterocycles. The van der Waals surface area contributed by atoms with Crippen LogP contribution in [0.2, 0.25) is 0 Å². The van der Waals surface area contributed by atoms with Crippen LogP contribution in [0.1, 0.15) is 46.7 Å². The van der Waals surface area contributed by atoms with Crippen LogP contribution >= 0.6 is 0 Å². The van der Waals surface area contributed by atoms with Crippen LogP contribution < -0.4 is 10.6 Å². The SMILES string of the molecule is C=C(N=COC)C(C)(C)NC(=O)c1cccc(-c2cc3c(C(=O)NC)c(-c4ccc(F)cc4)oc3nc2CCC(F)(F)F)c1. The Hall–Kier alpha value is -5.00. The molecule has 230 valence electrons. The van der Waals surface area contributed by atoms with Crippen molar-refractivity contribution in [2.24, 2.45) is 4.99 Å². The van der Waals surface area contributed by atoms with Gasteiger partial charge in [-0.3, -0.25) is 9.59 Å². The summed E-state index contributed by atoms with van der Waals surface area (Å²) in [5, 5.41) is 5.61. The number of nitrogens with one attached hydrogen (secondary N) is 2. The van der Waals surface area contributed by atoms with Crippen LogP contribution in [-0.2, 0) is 11.2 Å². The van der Waals surface area contributed by atoms with Crippen LogP contribution in [0.3, 0.4) is 0 Å². The number of fused-ring (bicyclic) bond motifs is 1. The van der Waals surface area contributed by atoms with Gasteiger partial charge in [-0.05, 0) is 68.3 Å². The highest BCUT2D eigenvalue weighted by Crippen LogP contribution is 2.37. The molecular weight excluding hydrogens is 580 g/mol. The fourth-order valence-electron chi connectivity index (χ4n) is 4.45. The summed E-state index contributed by atoms with van der Waals surface area (Å²) in [7, 11) is 2.84. The van der Waals surface area contributed by atoms with Crippen molar-refractivity contribution in [1.82, 2.24) is 15.6 Å². The predicted molar refractivity (Wildman–Crippen MR) is 159 cm³/mol. The van der Waals surface area contributed by atoms with Crippen LogP contribution in [0.5, 0.6) is 0 Å². The number of hydrogen-bond donors (Lipinski definition) is 2. The molecule has 0 radical (unpaired) electrons. The molecule has 0 atom stereocenters. The van der Waals surface area contributed by atoms with Crippen molar-refractivity contribution in [3.8, 4) is 22.5 Å². The predicted octanol–water partition coefficient (Wildman–Crippen LogP) is 6.85. The number of carbonyl (C=O) groups excluding carboxylic acids is 2. The molecule has 2 heterocycles. The maximum atomic E-state index is 13.6. The number of benzene rings is 2. The fraction of sp³-hybridized carbons (Fsp3) is 0.250. The molecular formula is C32H30F4N4O4. The molecule has 0 fully saturated rings. The molecule has 0 saturated carbocycles. The quantitative estimate of drug-likeness (QED) is 0.116. The van der Waals surface area contributed by atoms with Gasteiger partial charge in [0.05, 0.1) is 35.0 Å². The van der Waals surface area contributed by atoms with Crippen LogP contribution in [0.4, 0.5) is 17.6 Å². The van der Waals surface area contributed by atoms with Crippen molar-refractivity contribution in [3.05, 3.63) is 89.5 Å². The number of pyridine rings is 1. The summed E-state index contributed by atoms with van der Waals surface area (Å²) in [6, 6.07) is 13.0. The summed E-state index contributed by atoms with van der Waals surface area (Å²) in [5.41, 5.74) is 0.698. The molecule has 44 heavy (non-hydrogen) atoms. The third kappa shape index (κ3) is 7.13. The summed E-state index contributed by atoms with van der Waals surface area (Å²) in [5.74, 6) is -1.44. The maximum absolute atomic E-state index is 13.6. The molecule has 2 aromatic heterocycles. The van der Waals surface area contributed by atoms with Gasteiger partial charge >= 0.3 is 6.18 Å². The number of aliphatic imine (C=N–C) groups is 1. The summed E-state index contributed by atoms with van der Waals surface area (Å²) < 4.78 is 64.3. The topological polar surface area (TPSA) is 106 Å². The number of aromatic nitrogens is 1. The smallest absolute Gasteiger partial charge is 0.389 e. The lowest BCUT2D eigenvalue weighted by Crippen LogP contribution is -2.44. The first kappa shape index (κ1) is 31.9. The van der Waals surface area contributed by atoms with E-state index in [9.17, 15) is 27.2 Å². The number of nitrogens with zero attached hydrogens (tertiary/aromatic N) is 2. The van der Waals surface area contributed by atoms with E-state index >= 15 is 0 Å². The minimum Gasteiger partial charge on any atom is -0.486 e. The van der Waals surface area contributed by atoms with Crippen LogP contribution in [0.15, 0.2) is 76.3 Å². The maximum Gasteiger partial charge on any atom is 0.389 e. The number of amides is 2. The standard InChI is InChI=1S/C32H30F4N4O4/c1-18(38-17-43-5)31(2,3)40-28(41)21-8-6-7-20(15-21)23-16-24-26(29(42)37-4)27(19-9-11-22(33)12-10-19)44-30(24)39-25(23)13-14-32(34,35)36/h6-12,15-17H,1,13-14H2,2-5H3,(H,37,42)(H,40,41). The molecule has 0 bridgehead atoms. The van der Waals surface area contributed by atoms with E-state index < -0.39 is 42.2 Å². The molecule has 0 aliphatic rings. The Kier molecular flexibility index (Phi) is 9.22. The van der Waals surface area contributed by atoms with Gasteiger partial charge in [0, 0.05) is 30.2 Å². The molecule has 0 aliphatic carbocycles. The van der Waals surface area contributed by atoms with Gasteiger partial charge in [-0.1, -0.05) is 18.7 Å². The fourth-order valence-corrected chi connectivity index (χ4v) is 4.45. The Bertz CT molecular complexity index is 1740. The van der Waals surface area contributed by atoms with Gasteiger partial charge in [0.15, 0.2) is 6.40 Å². The second kappa shape index (κ2) is 12.7. The number of ether oxygens (including phenoxy) is 1. The summed E-state index contributed by atoms with van der Waals surface area (Å²) in [6.45, 7) is 7.27. The molecule has 4 rings (SSSR count). The average Bonchev–Trinajstić information content (AvgIpc) is 3.36. The van der Waals surface area contributed by atoms with Gasteiger partial charge < -0.3 is 19.8 Å². The molecule has 2 aromatic carbocycles. The summed E-state index contributed by atoms with van der Waals surface area (Å²) in [4.78, 5) is 34.8. The molecule has 8 nitrogen and oxygen atoms in total. The van der Waals surface area contributed by atoms with E-state index in [4.69, 9.17) is 9.15 Å². The molecule has 12 heteroatoms. The monoisotopic (exact) mass is 610 g/mol. The first-order chi connectivity index (χ1) is 20.7. The Morgan fingerprint density at radius 3 is 2.41 bits per heavy atom. The zero-order chi connectivity index (χ0) is 32.2. The largest absolute Gasteiger partial charge is 0.486 e. The number of methoxy groups -OCH3 is 1. The van der Waals surface area contributed by atoms with Crippen LogP contribution in [0.25, 0.3) is 33.6 Å². The van der Waals surface area contributed by atoms with Crippen LogP contribution in [-0.4, -0.2) is 49.1 Å². The summed E-state index contributed by atoms with van der Waals surface area (Å²) in [6.07, 6.45) is -4.93. The highest BCUT2D eigenvalue weighted by molar-refractivity contribution is 6.11. The van der Waals surface area contributed by atoms with Crippen molar-refractivity contribution >= 4 is 29.3 Å². The minimum atomic E-state index is -4.47. The highest BCUT2D eigenvalue weighted by Gasteiger charge is 2.30. The first-order valence-electron chi connectivity index (χ1n) is 13.4. The van der Waals surface area contributed by atoms with E-state index in [0.29, 0.717) is 16.8 Å². The van der Waals surface area contributed by atoms with E-state index in [-0.39, 0.29) is 39.2 Å². The average molecular weight is 611 g/mol. The Labute approximate surface area is 250 Å². The van der Waals surface area contributed by atoms with E-state index in [1.807, 2.05) is 0 Å². The van der Waals surface area contributed by atoms with Crippen LogP contribution in [0, 0.1) is 5.82 Å². The number of hydrogen-bond acceptors (Lipinski definition) is 6. The van der Waals surface area contributed by atoms with E-state index in [0.717, 1.165) is 0 Å². The van der Waals surface area contributed by atoms with Gasteiger partial charge in [0.1, 0.15) is 11.6 Å². The van der Waals surface area contributed by atoms with E-state index in [1.54, 1.807) is 32.0 Å². The lowest BCUT2D eigenvalue weighted by atomic mass is 9.96. The van der Waals surface area contributed by atoms with Crippen molar-refractivity contribution < 1.29 is 36.3 Å². The van der Waals surface area contributed by atoms with Gasteiger partial charge in [-0.25, -0.2) is 14.4 Å². The number of alkyl halides is 3. The molecule has 0 saturated heterocycles. The van der Waals surface area contributed by atoms with Crippen molar-refractivity contribution in [1.29, 1.82) is 0 Å². The van der Waals surface area contributed by atoms with Crippen molar-refractivity contribution in [2.75, 3.05) is 14.2 Å². The minimum absolute atomic E-state index is 0.0536. The number of halogens is 4. The lowest BCUT2D eigenvalue weighted by Gasteiger charge is -2.26. The Morgan fingerprint density at radius 2 is 1.77 bits per heavy atom. The van der Waals surface area contributed by atoms with Gasteiger partial charge in [0.25, 0.3) is 11.8 Å². The molecule has 2 amide bonds. The van der Waals surface area contributed by atoms with Gasteiger partial charge in [0.2, 0.25) is 5.71 Å². The first-order valence-corrected chi connectivity index (χ1v) is 13.4. The Morgan fingerprint density at radius 1 is 1.07 bits per heavy atom. The van der Waals surface area contributed by atoms with E-state index in [2.05, 4.69) is 27.2 Å². The van der Waals surface area contributed by atoms with Crippen molar-refractivity contribution in [2.45, 2.75) is 38.4 Å². The molecule has 2 N–H and O–H groups in total. The molecule has 0 unspecified atom stereocenters. The number of carbonyl (C=O) groups is 2. The molecule has 4 aromatic rings. The normalized spacial score (nSPS) is 12.0. The van der Waals surface area contributed by atoms with Crippen molar-refractivity contribution in [3.63, 3.8) is 0 Å². The zero-order valence-electron chi connectivity index (χ0n) is 24.4.